The molecule has 0 aliphatic rings. The summed E-state index contributed by atoms with van der Waals surface area (Å²) in [4.78, 5) is 26.6. The van der Waals surface area contributed by atoms with Crippen molar-refractivity contribution in [3.63, 3.8) is 0 Å². The predicted octanol–water partition coefficient (Wildman–Crippen LogP) is 1.75. The molecule has 8 nitrogen and oxygen atoms in total. The van der Waals surface area contributed by atoms with Crippen molar-refractivity contribution in [3.05, 3.63) is 36.4 Å². The molecule has 0 unspecified atom stereocenters. The van der Waals surface area contributed by atoms with Crippen LogP contribution in [0.3, 0.4) is 0 Å². The summed E-state index contributed by atoms with van der Waals surface area (Å²) in [5.74, 6) is -1.13. The fraction of sp³-hybridized carbons (Fsp3) is 0.333. The molecule has 0 aliphatic carbocycles. The Labute approximate surface area is 133 Å². The van der Waals surface area contributed by atoms with E-state index in [1.165, 1.54) is 12.4 Å². The second-order valence-electron chi connectivity index (χ2n) is 5.85. The Balaban J connectivity index is 2.06. The second kappa shape index (κ2) is 6.47. The van der Waals surface area contributed by atoms with E-state index in [0.29, 0.717) is 11.4 Å². The third kappa shape index (κ3) is 4.53. The van der Waals surface area contributed by atoms with E-state index in [2.05, 4.69) is 15.4 Å². The maximum Gasteiger partial charge on any atom is 0.341 e. The van der Waals surface area contributed by atoms with Crippen LogP contribution in [0.15, 0.2) is 30.6 Å². The van der Waals surface area contributed by atoms with Crippen LogP contribution in [0.1, 0.15) is 31.4 Å². The van der Waals surface area contributed by atoms with E-state index < -0.39 is 18.5 Å². The first-order valence-electron chi connectivity index (χ1n) is 6.94. The van der Waals surface area contributed by atoms with Gasteiger partial charge in [-0.05, 0) is 32.9 Å². The molecule has 2 rings (SSSR count). The number of carbonyl (C=O) groups excluding carboxylic acids is 1. The number of hydrogen-bond donors (Lipinski definition) is 2. The fourth-order valence-corrected chi connectivity index (χ4v) is 1.69. The van der Waals surface area contributed by atoms with Crippen molar-refractivity contribution >= 4 is 17.6 Å². The van der Waals surface area contributed by atoms with Crippen LogP contribution in [0.25, 0.3) is 0 Å². The number of aromatic nitrogens is 3. The lowest BCUT2D eigenvalue weighted by atomic mass is 10.1. The van der Waals surface area contributed by atoms with Crippen LogP contribution in [0.5, 0.6) is 5.75 Å². The van der Waals surface area contributed by atoms with Crippen LogP contribution >= 0.6 is 0 Å². The third-order valence-corrected chi connectivity index (χ3v) is 2.84. The molecule has 0 bridgehead atoms. The average Bonchev–Trinajstić information content (AvgIpc) is 2.95. The fourth-order valence-electron chi connectivity index (χ4n) is 1.69. The standard InChI is InChI=1S/C15H18N4O4/c1-15(2,3)19-9-16-13(18-19)14(22)17-10-5-4-6-11(7-10)23-8-12(20)21/h4-7,9H,8H2,1-3H3,(H,17,22)(H,20,21). The molecule has 2 aromatic rings. The van der Waals surface area contributed by atoms with Gasteiger partial charge in [0.15, 0.2) is 6.61 Å². The van der Waals surface area contributed by atoms with Gasteiger partial charge in [-0.25, -0.2) is 14.5 Å². The summed E-state index contributed by atoms with van der Waals surface area (Å²) in [5.41, 5.74) is 0.195. The van der Waals surface area contributed by atoms with Crippen molar-refractivity contribution in [1.82, 2.24) is 14.8 Å². The highest BCUT2D eigenvalue weighted by Crippen LogP contribution is 2.18. The average molecular weight is 318 g/mol. The van der Waals surface area contributed by atoms with E-state index in [-0.39, 0.29) is 11.4 Å². The van der Waals surface area contributed by atoms with Gasteiger partial charge in [-0.2, -0.15) is 0 Å². The summed E-state index contributed by atoms with van der Waals surface area (Å²) in [6.45, 7) is 5.40. The highest BCUT2D eigenvalue weighted by atomic mass is 16.5. The lowest BCUT2D eigenvalue weighted by Crippen LogP contribution is -2.23. The SMILES string of the molecule is CC(C)(C)n1cnc(C(=O)Nc2cccc(OCC(=O)O)c2)n1. The number of carboxylic acid groups (broad SMARTS) is 1. The predicted molar refractivity (Wildman–Crippen MR) is 82.5 cm³/mol. The number of rotatable bonds is 5. The number of amides is 1. The lowest BCUT2D eigenvalue weighted by Gasteiger charge is -2.17. The summed E-state index contributed by atoms with van der Waals surface area (Å²) < 4.78 is 6.66. The number of carbonyl (C=O) groups is 2. The van der Waals surface area contributed by atoms with Crippen LogP contribution in [0, 0.1) is 0 Å². The van der Waals surface area contributed by atoms with Crippen molar-refractivity contribution in [2.24, 2.45) is 0 Å². The molecule has 0 fully saturated rings. The van der Waals surface area contributed by atoms with Gasteiger partial charge in [0.25, 0.3) is 5.91 Å². The minimum atomic E-state index is -1.07. The van der Waals surface area contributed by atoms with Crippen molar-refractivity contribution < 1.29 is 19.4 Å². The molecule has 1 aromatic carbocycles. The first-order valence-corrected chi connectivity index (χ1v) is 6.94. The maximum atomic E-state index is 12.1. The van der Waals surface area contributed by atoms with Crippen molar-refractivity contribution in [2.45, 2.75) is 26.3 Å². The number of nitrogens with one attached hydrogen (secondary N) is 1. The number of hydrogen-bond acceptors (Lipinski definition) is 5. The highest BCUT2D eigenvalue weighted by molar-refractivity contribution is 6.01. The molecule has 2 N–H and O–H groups in total. The summed E-state index contributed by atoms with van der Waals surface area (Å²) in [6, 6.07) is 6.44. The number of anilines is 1. The van der Waals surface area contributed by atoms with Gasteiger partial charge < -0.3 is 15.2 Å². The first kappa shape index (κ1) is 16.5. The van der Waals surface area contributed by atoms with Crippen LogP contribution in [-0.2, 0) is 10.3 Å². The number of ether oxygens (including phenoxy) is 1. The van der Waals surface area contributed by atoms with Gasteiger partial charge in [-0.15, -0.1) is 5.10 Å². The number of benzene rings is 1. The molecular weight excluding hydrogens is 300 g/mol. The van der Waals surface area contributed by atoms with E-state index in [9.17, 15) is 9.59 Å². The first-order chi connectivity index (χ1) is 10.8. The molecule has 23 heavy (non-hydrogen) atoms. The molecule has 0 spiro atoms. The normalized spacial score (nSPS) is 11.1. The molecule has 0 saturated heterocycles. The van der Waals surface area contributed by atoms with E-state index in [1.54, 1.807) is 22.9 Å². The van der Waals surface area contributed by atoms with Crippen molar-refractivity contribution in [2.75, 3.05) is 11.9 Å². The summed E-state index contributed by atoms with van der Waals surface area (Å²) in [7, 11) is 0. The summed E-state index contributed by atoms with van der Waals surface area (Å²) in [5, 5.41) is 15.4. The number of nitrogens with zero attached hydrogens (tertiary/aromatic N) is 3. The lowest BCUT2D eigenvalue weighted by molar-refractivity contribution is -0.139. The Bertz CT molecular complexity index is 718. The number of aliphatic carboxylic acids is 1. The molecule has 1 aromatic heterocycles. The quantitative estimate of drug-likeness (QED) is 0.870. The maximum absolute atomic E-state index is 12.1. The van der Waals surface area contributed by atoms with E-state index >= 15 is 0 Å². The molecule has 0 saturated carbocycles. The van der Waals surface area contributed by atoms with Gasteiger partial charge >= 0.3 is 5.97 Å². The summed E-state index contributed by atoms with van der Waals surface area (Å²) >= 11 is 0. The topological polar surface area (TPSA) is 106 Å². The Morgan fingerprint density at radius 3 is 2.70 bits per heavy atom. The van der Waals surface area contributed by atoms with Gasteiger partial charge in [0.2, 0.25) is 5.82 Å². The molecule has 0 radical (unpaired) electrons. The largest absolute Gasteiger partial charge is 0.482 e. The molecule has 122 valence electrons. The Kier molecular flexibility index (Phi) is 4.63. The zero-order chi connectivity index (χ0) is 17.0. The summed E-state index contributed by atoms with van der Waals surface area (Å²) in [6.07, 6.45) is 1.50. The van der Waals surface area contributed by atoms with Crippen LogP contribution in [0.4, 0.5) is 5.69 Å². The van der Waals surface area contributed by atoms with E-state index in [0.717, 1.165) is 0 Å². The molecule has 0 aliphatic heterocycles. The van der Waals surface area contributed by atoms with E-state index in [1.807, 2.05) is 20.8 Å². The monoisotopic (exact) mass is 318 g/mol. The van der Waals surface area contributed by atoms with Gasteiger partial charge in [0.05, 0.1) is 5.54 Å². The second-order valence-corrected chi connectivity index (χ2v) is 5.85. The van der Waals surface area contributed by atoms with Crippen LogP contribution in [-0.4, -0.2) is 38.4 Å². The van der Waals surface area contributed by atoms with Crippen molar-refractivity contribution in [3.8, 4) is 5.75 Å². The zero-order valence-corrected chi connectivity index (χ0v) is 13.1. The minimum absolute atomic E-state index is 0.0526. The van der Waals surface area contributed by atoms with Gasteiger partial charge in [0.1, 0.15) is 12.1 Å². The zero-order valence-electron chi connectivity index (χ0n) is 13.1. The van der Waals surface area contributed by atoms with Crippen LogP contribution in [0.2, 0.25) is 0 Å². The molecule has 8 heteroatoms. The molecule has 0 atom stereocenters. The Morgan fingerprint density at radius 2 is 2.09 bits per heavy atom. The van der Waals surface area contributed by atoms with Gasteiger partial charge in [-0.3, -0.25) is 4.79 Å². The third-order valence-electron chi connectivity index (χ3n) is 2.84. The minimum Gasteiger partial charge on any atom is -0.482 e. The van der Waals surface area contributed by atoms with Crippen LogP contribution < -0.4 is 10.1 Å². The highest BCUT2D eigenvalue weighted by Gasteiger charge is 2.18. The Morgan fingerprint density at radius 1 is 1.35 bits per heavy atom. The van der Waals surface area contributed by atoms with Gasteiger partial charge in [0, 0.05) is 11.8 Å². The number of carboxylic acids is 1. The molecule has 1 heterocycles. The van der Waals surface area contributed by atoms with E-state index in [4.69, 9.17) is 9.84 Å². The smallest absolute Gasteiger partial charge is 0.341 e. The molecule has 1 amide bonds. The van der Waals surface area contributed by atoms with Gasteiger partial charge in [-0.1, -0.05) is 6.07 Å². The van der Waals surface area contributed by atoms with Crippen molar-refractivity contribution in [1.29, 1.82) is 0 Å². The molecular formula is C15H18N4O4. The Hall–Kier alpha value is -2.90.